The third-order valence-corrected chi connectivity index (χ3v) is 5.19. The van der Waals surface area contributed by atoms with Crippen molar-refractivity contribution >= 4 is 9.84 Å². The Morgan fingerprint density at radius 2 is 2.00 bits per heavy atom. The molecule has 0 aromatic carbocycles. The van der Waals surface area contributed by atoms with Crippen LogP contribution < -0.4 is 0 Å². The van der Waals surface area contributed by atoms with Gasteiger partial charge >= 0.3 is 0 Å². The minimum atomic E-state index is -2.71. The zero-order chi connectivity index (χ0) is 9.41. The van der Waals surface area contributed by atoms with E-state index in [0.29, 0.717) is 17.4 Å². The first-order chi connectivity index (χ1) is 5.42. The van der Waals surface area contributed by atoms with E-state index in [9.17, 15) is 8.42 Å². The van der Waals surface area contributed by atoms with Crippen LogP contribution >= 0.6 is 0 Å². The molecule has 0 saturated carbocycles. The Balaban J connectivity index is 2.87. The monoisotopic (exact) mass is 190 g/mol. The first-order valence-corrected chi connectivity index (χ1v) is 6.44. The Bertz CT molecular complexity index is 254. The van der Waals surface area contributed by atoms with E-state index in [2.05, 4.69) is 20.8 Å². The summed E-state index contributed by atoms with van der Waals surface area (Å²) < 4.78 is 22.6. The Hall–Kier alpha value is -0.0500. The summed E-state index contributed by atoms with van der Waals surface area (Å²) in [6.07, 6.45) is 1.85. The first kappa shape index (κ1) is 10.0. The van der Waals surface area contributed by atoms with Gasteiger partial charge < -0.3 is 0 Å². The molecular formula is C9H18O2S. The molecule has 0 amide bonds. The fraction of sp³-hybridized carbons (Fsp3) is 1.00. The smallest absolute Gasteiger partial charge is 0.150 e. The van der Waals surface area contributed by atoms with Crippen LogP contribution in [0.5, 0.6) is 0 Å². The maximum Gasteiger partial charge on any atom is 0.150 e. The maximum atomic E-state index is 11.3. The highest BCUT2D eigenvalue weighted by Crippen LogP contribution is 2.41. The Labute approximate surface area is 75.3 Å². The lowest BCUT2D eigenvalue weighted by molar-refractivity contribution is 0.218. The van der Waals surface area contributed by atoms with Crippen LogP contribution in [0, 0.1) is 11.3 Å². The summed E-state index contributed by atoms with van der Waals surface area (Å²) in [7, 11) is -2.71. The summed E-state index contributed by atoms with van der Waals surface area (Å²) in [5.41, 5.74) is 0.0822. The molecule has 3 heteroatoms. The zero-order valence-electron chi connectivity index (χ0n) is 8.13. The fourth-order valence-electron chi connectivity index (χ4n) is 2.08. The van der Waals surface area contributed by atoms with Crippen molar-refractivity contribution in [1.82, 2.24) is 0 Å². The number of rotatable bonds is 2. The van der Waals surface area contributed by atoms with Gasteiger partial charge in [-0.2, -0.15) is 0 Å². The van der Waals surface area contributed by atoms with Crippen LogP contribution in [0.4, 0.5) is 0 Å². The van der Waals surface area contributed by atoms with Crippen molar-refractivity contribution in [3.05, 3.63) is 0 Å². The Kier molecular flexibility index (Phi) is 2.52. The molecule has 2 nitrogen and oxygen atoms in total. The number of sulfone groups is 1. The molecular weight excluding hydrogens is 172 g/mol. The zero-order valence-corrected chi connectivity index (χ0v) is 8.95. The van der Waals surface area contributed by atoms with E-state index in [4.69, 9.17) is 0 Å². The lowest BCUT2D eigenvalue weighted by Gasteiger charge is -2.30. The van der Waals surface area contributed by atoms with Gasteiger partial charge in [-0.25, -0.2) is 8.42 Å². The van der Waals surface area contributed by atoms with Crippen molar-refractivity contribution in [2.45, 2.75) is 33.6 Å². The second kappa shape index (κ2) is 3.02. The van der Waals surface area contributed by atoms with E-state index in [1.54, 1.807) is 0 Å². The molecule has 72 valence electrons. The summed E-state index contributed by atoms with van der Waals surface area (Å²) in [6, 6.07) is 0. The summed E-state index contributed by atoms with van der Waals surface area (Å²) >= 11 is 0. The molecule has 1 atom stereocenters. The number of hydrogen-bond acceptors (Lipinski definition) is 2. The van der Waals surface area contributed by atoms with Crippen LogP contribution in [-0.4, -0.2) is 19.9 Å². The Morgan fingerprint density at radius 3 is 2.17 bits per heavy atom. The van der Waals surface area contributed by atoms with Crippen LogP contribution in [0.2, 0.25) is 0 Å². The largest absolute Gasteiger partial charge is 0.229 e. The molecule has 0 aliphatic carbocycles. The molecule has 0 radical (unpaired) electrons. The van der Waals surface area contributed by atoms with Crippen LogP contribution in [-0.2, 0) is 9.84 Å². The second-order valence-corrected chi connectivity index (χ2v) is 6.40. The van der Waals surface area contributed by atoms with Gasteiger partial charge in [-0.05, 0) is 24.2 Å². The van der Waals surface area contributed by atoms with Gasteiger partial charge in [0.25, 0.3) is 0 Å². The lowest BCUT2D eigenvalue weighted by atomic mass is 9.75. The molecule has 1 unspecified atom stereocenters. The highest BCUT2D eigenvalue weighted by molar-refractivity contribution is 7.91. The van der Waals surface area contributed by atoms with Gasteiger partial charge in [-0.15, -0.1) is 0 Å². The predicted molar refractivity (Wildman–Crippen MR) is 50.8 cm³/mol. The van der Waals surface area contributed by atoms with Crippen molar-refractivity contribution in [3.8, 4) is 0 Å². The van der Waals surface area contributed by atoms with E-state index in [-0.39, 0.29) is 5.41 Å². The molecule has 1 fully saturated rings. The third-order valence-electron chi connectivity index (χ3n) is 3.35. The average molecular weight is 190 g/mol. The highest BCUT2D eigenvalue weighted by atomic mass is 32.2. The van der Waals surface area contributed by atoms with E-state index >= 15 is 0 Å². The van der Waals surface area contributed by atoms with Gasteiger partial charge in [-0.3, -0.25) is 0 Å². The van der Waals surface area contributed by atoms with E-state index < -0.39 is 9.84 Å². The van der Waals surface area contributed by atoms with Gasteiger partial charge in [0.1, 0.15) is 0 Å². The first-order valence-electron chi connectivity index (χ1n) is 4.62. The molecule has 1 rings (SSSR count). The van der Waals surface area contributed by atoms with Crippen LogP contribution in [0.1, 0.15) is 33.6 Å². The standard InChI is InChI=1S/C9H18O2S/c1-4-9(8(2)3)5-6-12(10,11)7-9/h8H,4-7H2,1-3H3. The quantitative estimate of drug-likeness (QED) is 0.666. The lowest BCUT2D eigenvalue weighted by Crippen LogP contribution is -2.27. The van der Waals surface area contributed by atoms with Gasteiger partial charge in [0.2, 0.25) is 0 Å². The van der Waals surface area contributed by atoms with Crippen LogP contribution in [0.25, 0.3) is 0 Å². The maximum absolute atomic E-state index is 11.3. The van der Waals surface area contributed by atoms with E-state index in [1.807, 2.05) is 0 Å². The molecule has 0 aromatic rings. The van der Waals surface area contributed by atoms with Crippen molar-refractivity contribution < 1.29 is 8.42 Å². The molecule has 0 aromatic heterocycles. The van der Waals surface area contributed by atoms with Crippen molar-refractivity contribution in [3.63, 3.8) is 0 Å². The average Bonchev–Trinajstić information content (AvgIpc) is 2.27. The van der Waals surface area contributed by atoms with Crippen LogP contribution in [0.3, 0.4) is 0 Å². The summed E-state index contributed by atoms with van der Waals surface area (Å²) in [5, 5.41) is 0. The van der Waals surface area contributed by atoms with Gasteiger partial charge in [0.05, 0.1) is 11.5 Å². The molecule has 1 aliphatic heterocycles. The molecule has 1 aliphatic rings. The molecule has 0 N–H and O–H groups in total. The van der Waals surface area contributed by atoms with E-state index in [1.165, 1.54) is 0 Å². The minimum Gasteiger partial charge on any atom is -0.229 e. The number of hydrogen-bond donors (Lipinski definition) is 0. The SMILES string of the molecule is CCC1(C(C)C)CCS(=O)(=O)C1. The van der Waals surface area contributed by atoms with Gasteiger partial charge in [0.15, 0.2) is 9.84 Å². The topological polar surface area (TPSA) is 34.1 Å². The minimum absolute atomic E-state index is 0.0822. The van der Waals surface area contributed by atoms with Gasteiger partial charge in [-0.1, -0.05) is 20.8 Å². The van der Waals surface area contributed by atoms with E-state index in [0.717, 1.165) is 12.8 Å². The van der Waals surface area contributed by atoms with Crippen molar-refractivity contribution in [2.75, 3.05) is 11.5 Å². The van der Waals surface area contributed by atoms with Crippen molar-refractivity contribution in [1.29, 1.82) is 0 Å². The molecule has 0 bridgehead atoms. The summed E-state index contributed by atoms with van der Waals surface area (Å²) in [4.78, 5) is 0. The predicted octanol–water partition coefficient (Wildman–Crippen LogP) is 1.86. The van der Waals surface area contributed by atoms with Crippen LogP contribution in [0.15, 0.2) is 0 Å². The van der Waals surface area contributed by atoms with Gasteiger partial charge in [0, 0.05) is 0 Å². The van der Waals surface area contributed by atoms with Crippen molar-refractivity contribution in [2.24, 2.45) is 11.3 Å². The normalized spacial score (nSPS) is 34.3. The molecule has 1 heterocycles. The molecule has 1 saturated heterocycles. The molecule has 0 spiro atoms. The summed E-state index contributed by atoms with van der Waals surface area (Å²) in [5.74, 6) is 1.30. The fourth-order valence-corrected chi connectivity index (χ4v) is 4.50. The highest BCUT2D eigenvalue weighted by Gasteiger charge is 2.42. The second-order valence-electron chi connectivity index (χ2n) is 4.21. The Morgan fingerprint density at radius 1 is 1.42 bits per heavy atom. The molecule has 12 heavy (non-hydrogen) atoms. The summed E-state index contributed by atoms with van der Waals surface area (Å²) in [6.45, 7) is 6.36. The third kappa shape index (κ3) is 1.65.